The van der Waals surface area contributed by atoms with Crippen LogP contribution >= 0.6 is 0 Å². The van der Waals surface area contributed by atoms with Gasteiger partial charge >= 0.3 is 0 Å². The normalized spacial score (nSPS) is 25.8. The number of likely N-dealkylation sites (tertiary alicyclic amines) is 2. The van der Waals surface area contributed by atoms with Crippen molar-refractivity contribution in [3.8, 4) is 0 Å². The summed E-state index contributed by atoms with van der Waals surface area (Å²) in [5.74, 6) is 0.0682. The fourth-order valence-electron chi connectivity index (χ4n) is 4.14. The minimum Gasteiger partial charge on any atom is -0.332 e. The zero-order chi connectivity index (χ0) is 16.3. The molecule has 1 aromatic carbocycles. The molecule has 1 aromatic rings. The van der Waals surface area contributed by atoms with Crippen molar-refractivity contribution < 1.29 is 9.18 Å². The van der Waals surface area contributed by atoms with Crippen molar-refractivity contribution in [2.45, 2.75) is 44.2 Å². The van der Waals surface area contributed by atoms with Gasteiger partial charge in [-0.3, -0.25) is 9.69 Å². The van der Waals surface area contributed by atoms with Crippen LogP contribution in [0, 0.1) is 5.82 Å². The number of halogens is 1. The summed E-state index contributed by atoms with van der Waals surface area (Å²) in [7, 11) is 0. The second kappa shape index (κ2) is 6.83. The molecule has 1 amide bonds. The van der Waals surface area contributed by atoms with Gasteiger partial charge in [0.25, 0.3) is 0 Å². The summed E-state index contributed by atoms with van der Waals surface area (Å²) in [5.41, 5.74) is 1.09. The Kier molecular flexibility index (Phi) is 4.81. The molecule has 0 aromatic heterocycles. The van der Waals surface area contributed by atoms with Gasteiger partial charge in [0.05, 0.1) is 5.54 Å². The van der Waals surface area contributed by atoms with Crippen LogP contribution in [-0.4, -0.2) is 40.9 Å². The smallest absolute Gasteiger partial charge is 0.223 e. The standard InChI is InChI=1S/C19H25FN2O/c1-2-12-22-18(23)5-3-10-19(22)11-4-13-21(15-19)14-16-6-8-17(20)9-7-16/h2,6-9H,1,3-5,10-15H2/t19-/m1/s1. The van der Waals surface area contributed by atoms with Crippen LogP contribution in [0.2, 0.25) is 0 Å². The minimum atomic E-state index is -0.195. The van der Waals surface area contributed by atoms with E-state index >= 15 is 0 Å². The number of carbonyl (C=O) groups is 1. The fourth-order valence-corrected chi connectivity index (χ4v) is 4.14. The fraction of sp³-hybridized carbons (Fsp3) is 0.526. The highest BCUT2D eigenvalue weighted by molar-refractivity contribution is 5.78. The maximum atomic E-state index is 13.1. The van der Waals surface area contributed by atoms with E-state index in [0.29, 0.717) is 13.0 Å². The average molecular weight is 316 g/mol. The molecule has 3 nitrogen and oxygen atoms in total. The van der Waals surface area contributed by atoms with E-state index in [0.717, 1.165) is 50.9 Å². The molecule has 0 N–H and O–H groups in total. The summed E-state index contributed by atoms with van der Waals surface area (Å²) in [4.78, 5) is 16.8. The SMILES string of the molecule is C=CCN1C(=O)CCC[C@]12CCCN(Cc1ccc(F)cc1)C2. The van der Waals surface area contributed by atoms with Gasteiger partial charge in [0, 0.05) is 26.1 Å². The quantitative estimate of drug-likeness (QED) is 0.795. The Morgan fingerprint density at radius 3 is 2.70 bits per heavy atom. The molecule has 0 unspecified atom stereocenters. The van der Waals surface area contributed by atoms with E-state index in [-0.39, 0.29) is 17.3 Å². The molecule has 0 radical (unpaired) electrons. The van der Waals surface area contributed by atoms with Crippen LogP contribution < -0.4 is 0 Å². The predicted octanol–water partition coefficient (Wildman–Crippen LogP) is 3.36. The lowest BCUT2D eigenvalue weighted by Crippen LogP contribution is -2.62. The van der Waals surface area contributed by atoms with Crippen LogP contribution in [0.15, 0.2) is 36.9 Å². The molecule has 2 aliphatic heterocycles. The van der Waals surface area contributed by atoms with Crippen molar-refractivity contribution >= 4 is 5.91 Å². The minimum absolute atomic E-state index is 0.0399. The van der Waals surface area contributed by atoms with Crippen LogP contribution in [0.5, 0.6) is 0 Å². The molecular weight excluding hydrogens is 291 g/mol. The van der Waals surface area contributed by atoms with Crippen LogP contribution in [0.1, 0.15) is 37.7 Å². The zero-order valence-corrected chi connectivity index (χ0v) is 13.6. The Hall–Kier alpha value is -1.68. The summed E-state index contributed by atoms with van der Waals surface area (Å²) < 4.78 is 13.1. The third-order valence-electron chi connectivity index (χ3n) is 5.17. The van der Waals surface area contributed by atoms with Crippen molar-refractivity contribution in [3.05, 3.63) is 48.3 Å². The van der Waals surface area contributed by atoms with Crippen molar-refractivity contribution in [3.63, 3.8) is 0 Å². The number of piperidine rings is 2. The Balaban J connectivity index is 1.74. The number of carbonyl (C=O) groups excluding carboxylic acids is 1. The van der Waals surface area contributed by atoms with Crippen molar-refractivity contribution in [2.75, 3.05) is 19.6 Å². The molecule has 0 saturated carbocycles. The third-order valence-corrected chi connectivity index (χ3v) is 5.17. The Morgan fingerprint density at radius 1 is 1.22 bits per heavy atom. The first-order valence-corrected chi connectivity index (χ1v) is 8.51. The second-order valence-corrected chi connectivity index (χ2v) is 6.81. The summed E-state index contributed by atoms with van der Waals surface area (Å²) in [5, 5.41) is 0. The lowest BCUT2D eigenvalue weighted by Gasteiger charge is -2.52. The molecule has 124 valence electrons. The van der Waals surface area contributed by atoms with Crippen molar-refractivity contribution in [1.29, 1.82) is 0 Å². The number of hydrogen-bond donors (Lipinski definition) is 0. The second-order valence-electron chi connectivity index (χ2n) is 6.81. The van der Waals surface area contributed by atoms with Crippen LogP contribution in [-0.2, 0) is 11.3 Å². The molecule has 23 heavy (non-hydrogen) atoms. The lowest BCUT2D eigenvalue weighted by atomic mass is 9.79. The number of hydrogen-bond acceptors (Lipinski definition) is 2. The van der Waals surface area contributed by atoms with E-state index in [4.69, 9.17) is 0 Å². The van der Waals surface area contributed by atoms with Crippen LogP contribution in [0.3, 0.4) is 0 Å². The Morgan fingerprint density at radius 2 is 1.96 bits per heavy atom. The first-order valence-electron chi connectivity index (χ1n) is 8.51. The topological polar surface area (TPSA) is 23.6 Å². The summed E-state index contributed by atoms with van der Waals surface area (Å²) in [6.45, 7) is 7.22. The van der Waals surface area contributed by atoms with Crippen molar-refractivity contribution in [2.24, 2.45) is 0 Å². The van der Waals surface area contributed by atoms with Gasteiger partial charge in [-0.25, -0.2) is 4.39 Å². The lowest BCUT2D eigenvalue weighted by molar-refractivity contribution is -0.144. The van der Waals surface area contributed by atoms with Gasteiger partial charge in [-0.15, -0.1) is 6.58 Å². The molecule has 0 aliphatic carbocycles. The summed E-state index contributed by atoms with van der Waals surface area (Å²) in [6.07, 6.45) is 6.73. The number of rotatable bonds is 4. The van der Waals surface area contributed by atoms with Crippen molar-refractivity contribution in [1.82, 2.24) is 9.80 Å². The first-order chi connectivity index (χ1) is 11.1. The summed E-state index contributed by atoms with van der Waals surface area (Å²) >= 11 is 0. The summed E-state index contributed by atoms with van der Waals surface area (Å²) in [6, 6.07) is 6.74. The number of nitrogens with zero attached hydrogens (tertiary/aromatic N) is 2. The third kappa shape index (κ3) is 3.47. The van der Waals surface area contributed by atoms with Gasteiger partial charge in [-0.2, -0.15) is 0 Å². The zero-order valence-electron chi connectivity index (χ0n) is 13.6. The highest BCUT2D eigenvalue weighted by atomic mass is 19.1. The number of benzene rings is 1. The Bertz CT molecular complexity index is 567. The largest absolute Gasteiger partial charge is 0.332 e. The van der Waals surface area contributed by atoms with Crippen LogP contribution in [0.4, 0.5) is 4.39 Å². The van der Waals surface area contributed by atoms with E-state index < -0.39 is 0 Å². The first kappa shape index (κ1) is 16.2. The molecular formula is C19H25FN2O. The average Bonchev–Trinajstić information content (AvgIpc) is 2.54. The van der Waals surface area contributed by atoms with E-state index in [1.165, 1.54) is 12.1 Å². The Labute approximate surface area is 137 Å². The van der Waals surface area contributed by atoms with Gasteiger partial charge in [-0.1, -0.05) is 18.2 Å². The van der Waals surface area contributed by atoms with Gasteiger partial charge < -0.3 is 4.90 Å². The molecule has 2 aliphatic rings. The molecule has 4 heteroatoms. The number of amides is 1. The molecule has 2 fully saturated rings. The van der Waals surface area contributed by atoms with Gasteiger partial charge in [0.2, 0.25) is 5.91 Å². The van der Waals surface area contributed by atoms with E-state index in [2.05, 4.69) is 16.4 Å². The van der Waals surface area contributed by atoms with E-state index in [1.54, 1.807) is 0 Å². The van der Waals surface area contributed by atoms with E-state index in [1.807, 2.05) is 18.2 Å². The molecule has 2 heterocycles. The molecule has 3 rings (SSSR count). The van der Waals surface area contributed by atoms with Gasteiger partial charge in [0.15, 0.2) is 0 Å². The maximum absolute atomic E-state index is 13.1. The molecule has 1 atom stereocenters. The highest BCUT2D eigenvalue weighted by Crippen LogP contribution is 2.37. The van der Waals surface area contributed by atoms with Gasteiger partial charge in [-0.05, 0) is 49.9 Å². The monoisotopic (exact) mass is 316 g/mol. The highest BCUT2D eigenvalue weighted by Gasteiger charge is 2.44. The molecule has 1 spiro atoms. The molecule has 0 bridgehead atoms. The van der Waals surface area contributed by atoms with Crippen LogP contribution in [0.25, 0.3) is 0 Å². The van der Waals surface area contributed by atoms with E-state index in [9.17, 15) is 9.18 Å². The van der Waals surface area contributed by atoms with Gasteiger partial charge in [0.1, 0.15) is 5.82 Å². The predicted molar refractivity (Wildman–Crippen MR) is 89.4 cm³/mol. The molecule has 2 saturated heterocycles. The maximum Gasteiger partial charge on any atom is 0.223 e.